The van der Waals surface area contributed by atoms with Gasteiger partial charge in [-0.1, -0.05) is 36.8 Å². The molecule has 3 aromatic rings. The van der Waals surface area contributed by atoms with Gasteiger partial charge in [-0.25, -0.2) is 15.0 Å². The summed E-state index contributed by atoms with van der Waals surface area (Å²) in [5.41, 5.74) is 2.44. The maximum atomic E-state index is 12.9. The quantitative estimate of drug-likeness (QED) is 0.417. The third-order valence-corrected chi connectivity index (χ3v) is 7.36. The van der Waals surface area contributed by atoms with Gasteiger partial charge in [0.25, 0.3) is 5.91 Å². The van der Waals surface area contributed by atoms with Gasteiger partial charge in [-0.05, 0) is 24.8 Å². The number of carbonyl (C=O) groups excluding carboxylic acids is 1. The highest BCUT2D eigenvalue weighted by molar-refractivity contribution is 5.83. The van der Waals surface area contributed by atoms with Crippen LogP contribution in [0.5, 0.6) is 0 Å². The standard InChI is InChI=1S/C26H32N6O5/c33-14-13-28-24(34)20-19-21(37-26(36-19)10-5-2-6-11-26)25(35-20)32-16-31-18-22(29-15-30-23(18)32)27-12-9-17-7-3-1-4-8-17/h1,3-4,7-8,15-16,19-21,25,33H,2,5-6,9-14H2,(H,28,34)(H,27,29,30)/t19?,20-,21?,25+/m0/s1. The molecule has 1 saturated carbocycles. The van der Waals surface area contributed by atoms with Gasteiger partial charge in [-0.15, -0.1) is 0 Å². The monoisotopic (exact) mass is 508 g/mol. The zero-order valence-electron chi connectivity index (χ0n) is 20.6. The van der Waals surface area contributed by atoms with Crippen LogP contribution in [0.3, 0.4) is 0 Å². The molecule has 2 saturated heterocycles. The molecule has 1 aromatic carbocycles. The Labute approximate surface area is 214 Å². The highest BCUT2D eigenvalue weighted by Crippen LogP contribution is 2.49. The van der Waals surface area contributed by atoms with Crippen molar-refractivity contribution >= 4 is 22.9 Å². The molecular formula is C26H32N6O5. The van der Waals surface area contributed by atoms with E-state index in [0.717, 1.165) is 38.5 Å². The summed E-state index contributed by atoms with van der Waals surface area (Å²) in [6.45, 7) is 0.687. The minimum absolute atomic E-state index is 0.145. The van der Waals surface area contributed by atoms with Crippen molar-refractivity contribution in [2.45, 2.75) is 68.9 Å². The third-order valence-electron chi connectivity index (χ3n) is 7.36. The number of ether oxygens (including phenoxy) is 3. The fourth-order valence-corrected chi connectivity index (χ4v) is 5.60. The number of amides is 1. The van der Waals surface area contributed by atoms with Gasteiger partial charge in [0.1, 0.15) is 18.5 Å². The summed E-state index contributed by atoms with van der Waals surface area (Å²) >= 11 is 0. The van der Waals surface area contributed by atoms with Crippen molar-refractivity contribution in [1.29, 1.82) is 0 Å². The van der Waals surface area contributed by atoms with Crippen LogP contribution >= 0.6 is 0 Å². The SMILES string of the molecule is O=C(NCCO)[C@H]1O[C@@H](n2cnc3c(NCCc4ccccc4)ncnc32)C2OC3(CCCCC3)OC21. The van der Waals surface area contributed by atoms with E-state index in [-0.39, 0.29) is 19.1 Å². The predicted molar refractivity (Wildman–Crippen MR) is 134 cm³/mol. The van der Waals surface area contributed by atoms with E-state index in [0.29, 0.717) is 23.5 Å². The van der Waals surface area contributed by atoms with Crippen molar-refractivity contribution in [3.05, 3.63) is 48.5 Å². The molecule has 1 aliphatic carbocycles. The van der Waals surface area contributed by atoms with Crippen molar-refractivity contribution in [3.63, 3.8) is 0 Å². The van der Waals surface area contributed by atoms with Crippen molar-refractivity contribution in [1.82, 2.24) is 24.8 Å². The van der Waals surface area contributed by atoms with Crippen molar-refractivity contribution in [3.8, 4) is 0 Å². The summed E-state index contributed by atoms with van der Waals surface area (Å²) < 4.78 is 21.0. The van der Waals surface area contributed by atoms with E-state index in [1.807, 2.05) is 22.8 Å². The van der Waals surface area contributed by atoms with Crippen LogP contribution in [0.4, 0.5) is 5.82 Å². The lowest BCUT2D eigenvalue weighted by atomic mass is 9.94. The number of hydrogen-bond donors (Lipinski definition) is 3. The molecule has 2 unspecified atom stereocenters. The van der Waals surface area contributed by atoms with E-state index in [1.54, 1.807) is 6.33 Å². The number of aliphatic hydroxyl groups is 1. The Morgan fingerprint density at radius 1 is 1.05 bits per heavy atom. The van der Waals surface area contributed by atoms with E-state index in [1.165, 1.54) is 11.9 Å². The molecule has 0 radical (unpaired) electrons. The van der Waals surface area contributed by atoms with Gasteiger partial charge in [-0.3, -0.25) is 9.36 Å². The van der Waals surface area contributed by atoms with Crippen LogP contribution in [-0.2, 0) is 25.4 Å². The number of aromatic nitrogens is 4. The number of anilines is 1. The van der Waals surface area contributed by atoms with E-state index >= 15 is 0 Å². The Bertz CT molecular complexity index is 1230. The number of fused-ring (bicyclic) bond motifs is 2. The van der Waals surface area contributed by atoms with Gasteiger partial charge in [0.2, 0.25) is 0 Å². The van der Waals surface area contributed by atoms with E-state index in [9.17, 15) is 9.90 Å². The number of rotatable bonds is 8. The molecule has 6 rings (SSSR count). The number of benzene rings is 1. The zero-order chi connectivity index (χ0) is 25.2. The van der Waals surface area contributed by atoms with Crippen LogP contribution in [0.1, 0.15) is 43.9 Å². The molecule has 3 N–H and O–H groups in total. The molecule has 2 aliphatic heterocycles. The first-order chi connectivity index (χ1) is 18.2. The average Bonchev–Trinajstić information content (AvgIpc) is 3.60. The Kier molecular flexibility index (Phi) is 6.76. The molecule has 11 nitrogen and oxygen atoms in total. The van der Waals surface area contributed by atoms with E-state index in [2.05, 4.69) is 37.7 Å². The molecular weight excluding hydrogens is 476 g/mol. The third kappa shape index (κ3) is 4.68. The topological polar surface area (TPSA) is 133 Å². The molecule has 11 heteroatoms. The molecule has 3 aliphatic rings. The predicted octanol–water partition coefficient (Wildman–Crippen LogP) is 1.93. The first-order valence-electron chi connectivity index (χ1n) is 13.0. The lowest BCUT2D eigenvalue weighted by Crippen LogP contribution is -2.44. The van der Waals surface area contributed by atoms with Gasteiger partial charge in [-0.2, -0.15) is 0 Å². The Morgan fingerprint density at radius 3 is 2.68 bits per heavy atom. The summed E-state index contributed by atoms with van der Waals surface area (Å²) in [7, 11) is 0. The van der Waals surface area contributed by atoms with Crippen LogP contribution in [-0.4, -0.2) is 74.3 Å². The average molecular weight is 509 g/mol. The van der Waals surface area contributed by atoms with E-state index in [4.69, 9.17) is 14.2 Å². The Hall–Kier alpha value is -3.12. The second-order valence-electron chi connectivity index (χ2n) is 9.81. The molecule has 4 atom stereocenters. The number of nitrogens with one attached hydrogen (secondary N) is 2. The van der Waals surface area contributed by atoms with Gasteiger partial charge in [0, 0.05) is 25.9 Å². The van der Waals surface area contributed by atoms with Crippen LogP contribution in [0.25, 0.3) is 11.2 Å². The number of carbonyl (C=O) groups is 1. The minimum atomic E-state index is -0.870. The fraction of sp³-hybridized carbons (Fsp3) is 0.538. The molecule has 196 valence electrons. The molecule has 3 fully saturated rings. The molecule has 2 aromatic heterocycles. The molecule has 1 amide bonds. The van der Waals surface area contributed by atoms with Crippen LogP contribution < -0.4 is 10.6 Å². The summed E-state index contributed by atoms with van der Waals surface area (Å²) in [6.07, 6.45) is 6.20. The van der Waals surface area contributed by atoms with Crippen molar-refractivity contribution < 1.29 is 24.1 Å². The Balaban J connectivity index is 1.25. The molecule has 4 heterocycles. The molecule has 37 heavy (non-hydrogen) atoms. The number of hydrogen-bond acceptors (Lipinski definition) is 9. The zero-order valence-corrected chi connectivity index (χ0v) is 20.6. The fourth-order valence-electron chi connectivity index (χ4n) is 5.60. The lowest BCUT2D eigenvalue weighted by Gasteiger charge is -2.34. The number of nitrogens with zero attached hydrogens (tertiary/aromatic N) is 4. The smallest absolute Gasteiger partial charge is 0.252 e. The number of imidazole rings is 1. The van der Waals surface area contributed by atoms with Crippen molar-refractivity contribution in [2.75, 3.05) is 25.0 Å². The van der Waals surface area contributed by atoms with Gasteiger partial charge < -0.3 is 30.0 Å². The summed E-state index contributed by atoms with van der Waals surface area (Å²) in [5, 5.41) is 15.3. The van der Waals surface area contributed by atoms with Gasteiger partial charge in [0.15, 0.2) is 35.1 Å². The lowest BCUT2D eigenvalue weighted by molar-refractivity contribution is -0.229. The first-order valence-corrected chi connectivity index (χ1v) is 13.0. The maximum Gasteiger partial charge on any atom is 0.252 e. The van der Waals surface area contributed by atoms with Crippen LogP contribution in [0, 0.1) is 0 Å². The van der Waals surface area contributed by atoms with Crippen molar-refractivity contribution in [2.24, 2.45) is 0 Å². The molecule has 1 spiro atoms. The maximum absolute atomic E-state index is 12.9. The highest BCUT2D eigenvalue weighted by atomic mass is 16.8. The minimum Gasteiger partial charge on any atom is -0.395 e. The first kappa shape index (κ1) is 24.2. The second-order valence-corrected chi connectivity index (χ2v) is 9.81. The van der Waals surface area contributed by atoms with E-state index < -0.39 is 30.3 Å². The largest absolute Gasteiger partial charge is 0.395 e. The van der Waals surface area contributed by atoms with Gasteiger partial charge in [0.05, 0.1) is 12.9 Å². The number of aliphatic hydroxyl groups excluding tert-OH is 1. The van der Waals surface area contributed by atoms with Crippen LogP contribution in [0.2, 0.25) is 0 Å². The van der Waals surface area contributed by atoms with Crippen LogP contribution in [0.15, 0.2) is 43.0 Å². The second kappa shape index (κ2) is 10.3. The summed E-state index contributed by atoms with van der Waals surface area (Å²) in [5.74, 6) is -0.384. The Morgan fingerprint density at radius 2 is 1.86 bits per heavy atom. The summed E-state index contributed by atoms with van der Waals surface area (Å²) in [6, 6.07) is 10.2. The van der Waals surface area contributed by atoms with Gasteiger partial charge >= 0.3 is 0 Å². The summed E-state index contributed by atoms with van der Waals surface area (Å²) in [4.78, 5) is 26.4. The normalized spacial score (nSPS) is 26.4. The molecule has 0 bridgehead atoms. The highest BCUT2D eigenvalue weighted by Gasteiger charge is 2.60.